The van der Waals surface area contributed by atoms with Crippen molar-refractivity contribution in [2.45, 2.75) is 5.33 Å². The van der Waals surface area contributed by atoms with E-state index in [0.717, 1.165) is 5.56 Å². The van der Waals surface area contributed by atoms with E-state index in [0.29, 0.717) is 22.7 Å². The monoisotopic (exact) mass is 256 g/mol. The highest BCUT2D eigenvalue weighted by Crippen LogP contribution is 2.15. The second-order valence-electron chi connectivity index (χ2n) is 2.66. The van der Waals surface area contributed by atoms with Gasteiger partial charge in [-0.1, -0.05) is 28.1 Å². The summed E-state index contributed by atoms with van der Waals surface area (Å²) >= 11 is 3.26. The maximum atomic E-state index is 11.3. The summed E-state index contributed by atoms with van der Waals surface area (Å²) in [7, 11) is 1.31. The van der Waals surface area contributed by atoms with Crippen LogP contribution in [0, 0.1) is 0 Å². The van der Waals surface area contributed by atoms with Crippen LogP contribution in [0.25, 0.3) is 0 Å². The Morgan fingerprint density at radius 1 is 1.57 bits per heavy atom. The van der Waals surface area contributed by atoms with Crippen LogP contribution in [0.1, 0.15) is 26.3 Å². The Morgan fingerprint density at radius 3 is 2.79 bits per heavy atom. The third kappa shape index (κ3) is 2.20. The van der Waals surface area contributed by atoms with Gasteiger partial charge in [0, 0.05) is 10.9 Å². The highest BCUT2D eigenvalue weighted by Gasteiger charge is 2.11. The van der Waals surface area contributed by atoms with E-state index in [2.05, 4.69) is 20.7 Å². The van der Waals surface area contributed by atoms with E-state index in [1.165, 1.54) is 13.2 Å². The van der Waals surface area contributed by atoms with E-state index < -0.39 is 5.97 Å². The number of halogens is 1. The van der Waals surface area contributed by atoms with Gasteiger partial charge in [0.05, 0.1) is 12.7 Å². The number of carbonyl (C=O) groups is 2. The molecule has 0 aromatic heterocycles. The molecule has 14 heavy (non-hydrogen) atoms. The predicted octanol–water partition coefficient (Wildman–Crippen LogP) is 2.18. The number of rotatable bonds is 3. The number of ether oxygens (including phenoxy) is 1. The van der Waals surface area contributed by atoms with Crippen LogP contribution < -0.4 is 0 Å². The minimum Gasteiger partial charge on any atom is -0.465 e. The largest absolute Gasteiger partial charge is 0.465 e. The van der Waals surface area contributed by atoms with Crippen LogP contribution in [-0.2, 0) is 10.1 Å². The number of aldehydes is 1. The van der Waals surface area contributed by atoms with E-state index in [9.17, 15) is 9.59 Å². The molecule has 1 aromatic rings. The Morgan fingerprint density at radius 2 is 2.29 bits per heavy atom. The summed E-state index contributed by atoms with van der Waals surface area (Å²) in [4.78, 5) is 21.8. The first-order valence-electron chi connectivity index (χ1n) is 3.95. The summed E-state index contributed by atoms with van der Waals surface area (Å²) in [6, 6.07) is 4.91. The van der Waals surface area contributed by atoms with Gasteiger partial charge in [-0.15, -0.1) is 0 Å². The lowest BCUT2D eigenvalue weighted by Crippen LogP contribution is -2.05. The lowest BCUT2D eigenvalue weighted by molar-refractivity contribution is 0.0600. The van der Waals surface area contributed by atoms with Crippen LogP contribution >= 0.6 is 15.9 Å². The number of esters is 1. The van der Waals surface area contributed by atoms with Crippen molar-refractivity contribution in [3.8, 4) is 0 Å². The molecule has 0 unspecified atom stereocenters. The Labute approximate surface area is 90.2 Å². The molecule has 3 nitrogen and oxygen atoms in total. The Hall–Kier alpha value is -1.16. The van der Waals surface area contributed by atoms with Crippen molar-refractivity contribution in [3.63, 3.8) is 0 Å². The van der Waals surface area contributed by atoms with Gasteiger partial charge in [0.25, 0.3) is 0 Å². The standard InChI is InChI=1S/C10H9BrO3/c1-14-10(13)9-4-7(6-12)2-3-8(9)5-11/h2-4,6H,5H2,1H3. The van der Waals surface area contributed by atoms with Crippen molar-refractivity contribution >= 4 is 28.2 Å². The van der Waals surface area contributed by atoms with Gasteiger partial charge in [0.1, 0.15) is 6.29 Å². The molecule has 74 valence electrons. The third-order valence-corrected chi connectivity index (χ3v) is 2.42. The molecule has 1 aromatic carbocycles. The van der Waals surface area contributed by atoms with Gasteiger partial charge in [0.15, 0.2) is 0 Å². The zero-order valence-electron chi connectivity index (χ0n) is 7.62. The maximum absolute atomic E-state index is 11.3. The number of hydrogen-bond acceptors (Lipinski definition) is 3. The molecular weight excluding hydrogens is 248 g/mol. The van der Waals surface area contributed by atoms with Crippen LogP contribution in [0.3, 0.4) is 0 Å². The Balaban J connectivity index is 3.21. The highest BCUT2D eigenvalue weighted by atomic mass is 79.9. The van der Waals surface area contributed by atoms with E-state index in [4.69, 9.17) is 0 Å². The second kappa shape index (κ2) is 4.91. The molecule has 0 aliphatic heterocycles. The van der Waals surface area contributed by atoms with Gasteiger partial charge < -0.3 is 4.74 Å². The van der Waals surface area contributed by atoms with Crippen LogP contribution in [0.2, 0.25) is 0 Å². The fourth-order valence-corrected chi connectivity index (χ4v) is 1.57. The summed E-state index contributed by atoms with van der Waals surface area (Å²) in [6.45, 7) is 0. The topological polar surface area (TPSA) is 43.4 Å². The average molecular weight is 257 g/mol. The Kier molecular flexibility index (Phi) is 3.83. The molecule has 0 fully saturated rings. The number of methoxy groups -OCH3 is 1. The summed E-state index contributed by atoms with van der Waals surface area (Å²) in [5.41, 5.74) is 1.70. The molecular formula is C10H9BrO3. The van der Waals surface area contributed by atoms with Crippen molar-refractivity contribution in [2.24, 2.45) is 0 Å². The molecule has 4 heteroatoms. The summed E-state index contributed by atoms with van der Waals surface area (Å²) in [6.07, 6.45) is 0.699. The molecule has 0 N–H and O–H groups in total. The average Bonchev–Trinajstić information content (AvgIpc) is 2.27. The third-order valence-electron chi connectivity index (χ3n) is 1.82. The summed E-state index contributed by atoms with van der Waals surface area (Å²) in [5, 5.41) is 0.552. The fraction of sp³-hybridized carbons (Fsp3) is 0.200. The first-order valence-corrected chi connectivity index (χ1v) is 5.07. The van der Waals surface area contributed by atoms with Crippen molar-refractivity contribution in [3.05, 3.63) is 34.9 Å². The molecule has 0 atom stereocenters. The van der Waals surface area contributed by atoms with Crippen molar-refractivity contribution in [1.29, 1.82) is 0 Å². The normalized spacial score (nSPS) is 9.57. The van der Waals surface area contributed by atoms with E-state index >= 15 is 0 Å². The molecule has 0 saturated carbocycles. The smallest absolute Gasteiger partial charge is 0.338 e. The van der Waals surface area contributed by atoms with Gasteiger partial charge in [-0.2, -0.15) is 0 Å². The first-order chi connectivity index (χ1) is 6.72. The van der Waals surface area contributed by atoms with Crippen molar-refractivity contribution in [1.82, 2.24) is 0 Å². The molecule has 1 rings (SSSR count). The molecule has 0 amide bonds. The zero-order chi connectivity index (χ0) is 10.6. The van der Waals surface area contributed by atoms with Crippen molar-refractivity contribution in [2.75, 3.05) is 7.11 Å². The summed E-state index contributed by atoms with van der Waals surface area (Å²) in [5.74, 6) is -0.428. The highest BCUT2D eigenvalue weighted by molar-refractivity contribution is 9.08. The molecule has 0 aliphatic rings. The second-order valence-corrected chi connectivity index (χ2v) is 3.22. The molecule has 0 bridgehead atoms. The van der Waals surface area contributed by atoms with E-state index in [1.54, 1.807) is 12.1 Å². The molecule has 0 heterocycles. The number of benzene rings is 1. The lowest BCUT2D eigenvalue weighted by Gasteiger charge is -2.05. The van der Waals surface area contributed by atoms with Crippen molar-refractivity contribution < 1.29 is 14.3 Å². The summed E-state index contributed by atoms with van der Waals surface area (Å²) < 4.78 is 4.60. The number of alkyl halides is 1. The minimum absolute atomic E-state index is 0.425. The van der Waals surface area contributed by atoms with E-state index in [-0.39, 0.29) is 0 Å². The van der Waals surface area contributed by atoms with Gasteiger partial charge >= 0.3 is 5.97 Å². The number of hydrogen-bond donors (Lipinski definition) is 0. The fourth-order valence-electron chi connectivity index (χ4n) is 1.08. The lowest BCUT2D eigenvalue weighted by atomic mass is 10.1. The molecule has 0 aliphatic carbocycles. The van der Waals surface area contributed by atoms with E-state index in [1.807, 2.05) is 0 Å². The van der Waals surface area contributed by atoms with Crippen LogP contribution in [0.5, 0.6) is 0 Å². The van der Waals surface area contributed by atoms with Crippen LogP contribution in [0.15, 0.2) is 18.2 Å². The van der Waals surface area contributed by atoms with Gasteiger partial charge in [-0.3, -0.25) is 4.79 Å². The predicted molar refractivity (Wildman–Crippen MR) is 55.8 cm³/mol. The maximum Gasteiger partial charge on any atom is 0.338 e. The van der Waals surface area contributed by atoms with Gasteiger partial charge in [0.2, 0.25) is 0 Å². The zero-order valence-corrected chi connectivity index (χ0v) is 9.21. The van der Waals surface area contributed by atoms with Gasteiger partial charge in [-0.25, -0.2) is 4.79 Å². The van der Waals surface area contributed by atoms with Crippen LogP contribution in [0.4, 0.5) is 0 Å². The quantitative estimate of drug-likeness (QED) is 0.473. The molecule has 0 saturated heterocycles. The SMILES string of the molecule is COC(=O)c1cc(C=O)ccc1CBr. The Bertz CT molecular complexity index is 360. The molecule has 0 spiro atoms. The van der Waals surface area contributed by atoms with Crippen LogP contribution in [-0.4, -0.2) is 19.4 Å². The number of carbonyl (C=O) groups excluding carboxylic acids is 2. The first kappa shape index (κ1) is 10.9. The molecule has 0 radical (unpaired) electrons. The minimum atomic E-state index is -0.428. The van der Waals surface area contributed by atoms with Gasteiger partial charge in [-0.05, 0) is 11.6 Å².